The Bertz CT molecular complexity index is 580. The smallest absolute Gasteiger partial charge is 0.266 e. The van der Waals surface area contributed by atoms with Gasteiger partial charge in [-0.05, 0) is 31.2 Å². The van der Waals surface area contributed by atoms with Gasteiger partial charge in [0.25, 0.3) is 5.91 Å². The van der Waals surface area contributed by atoms with Crippen LogP contribution in [0.1, 0.15) is 22.2 Å². The van der Waals surface area contributed by atoms with Gasteiger partial charge in [0.15, 0.2) is 0 Å². The van der Waals surface area contributed by atoms with Crippen LogP contribution in [0.25, 0.3) is 0 Å². The summed E-state index contributed by atoms with van der Waals surface area (Å²) in [6.07, 6.45) is 3.35. The molecule has 0 saturated heterocycles. The van der Waals surface area contributed by atoms with Crippen molar-refractivity contribution in [2.45, 2.75) is 6.92 Å². The Kier molecular flexibility index (Phi) is 4.07. The minimum atomic E-state index is -0.264. The molecule has 2 rings (SSSR count). The second-order valence-electron chi connectivity index (χ2n) is 3.48. The molecule has 0 atom stereocenters. The third kappa shape index (κ3) is 3.15. The van der Waals surface area contributed by atoms with Crippen LogP contribution in [0.15, 0.2) is 41.8 Å². The maximum Gasteiger partial charge on any atom is 0.281 e. The standard InChI is InChI=1S/C12H10ClN3OS/c1-8(9-4-6-14-7-5-9)15-16-12(17)10-2-3-11(13)18-10/h2-7H,1H3,(H,16,17)/b15-8+. The fourth-order valence-electron chi connectivity index (χ4n) is 1.28. The number of hydrogen-bond donors (Lipinski definition) is 1. The van der Waals surface area contributed by atoms with Crippen LogP contribution in [0.2, 0.25) is 4.34 Å². The number of hydrazone groups is 1. The van der Waals surface area contributed by atoms with E-state index in [4.69, 9.17) is 11.6 Å². The van der Waals surface area contributed by atoms with Gasteiger partial charge in [-0.2, -0.15) is 5.10 Å². The minimum Gasteiger partial charge on any atom is -0.266 e. The van der Waals surface area contributed by atoms with E-state index in [2.05, 4.69) is 15.5 Å². The SMILES string of the molecule is C/C(=N\NC(=O)c1ccc(Cl)s1)c1ccncc1. The van der Waals surface area contributed by atoms with Gasteiger partial charge >= 0.3 is 0 Å². The van der Waals surface area contributed by atoms with Crippen LogP contribution in [0.4, 0.5) is 0 Å². The fraction of sp³-hybridized carbons (Fsp3) is 0.0833. The number of halogens is 1. The van der Waals surface area contributed by atoms with Gasteiger partial charge in [0.2, 0.25) is 0 Å². The number of rotatable bonds is 3. The van der Waals surface area contributed by atoms with Crippen molar-refractivity contribution in [1.29, 1.82) is 0 Å². The number of thiophene rings is 1. The molecule has 0 fully saturated rings. The number of hydrogen-bond acceptors (Lipinski definition) is 4. The zero-order chi connectivity index (χ0) is 13.0. The van der Waals surface area contributed by atoms with Crippen molar-refractivity contribution in [3.05, 3.63) is 51.4 Å². The summed E-state index contributed by atoms with van der Waals surface area (Å²) >= 11 is 6.98. The Morgan fingerprint density at radius 2 is 2.06 bits per heavy atom. The lowest BCUT2D eigenvalue weighted by Gasteiger charge is -2.00. The van der Waals surface area contributed by atoms with E-state index in [1.807, 2.05) is 19.1 Å². The molecule has 0 aliphatic rings. The van der Waals surface area contributed by atoms with Gasteiger partial charge in [0.05, 0.1) is 14.9 Å². The molecule has 4 nitrogen and oxygen atoms in total. The summed E-state index contributed by atoms with van der Waals surface area (Å²) in [6.45, 7) is 1.82. The predicted molar refractivity (Wildman–Crippen MR) is 73.2 cm³/mol. The Balaban J connectivity index is 2.05. The van der Waals surface area contributed by atoms with Crippen LogP contribution in [-0.4, -0.2) is 16.6 Å². The summed E-state index contributed by atoms with van der Waals surface area (Å²) in [5.41, 5.74) is 4.12. The molecule has 2 aromatic rings. The van der Waals surface area contributed by atoms with Crippen molar-refractivity contribution in [3.8, 4) is 0 Å². The van der Waals surface area contributed by atoms with Gasteiger partial charge < -0.3 is 0 Å². The topological polar surface area (TPSA) is 54.4 Å². The number of carbonyl (C=O) groups is 1. The van der Waals surface area contributed by atoms with Crippen molar-refractivity contribution in [2.24, 2.45) is 5.10 Å². The molecule has 2 aromatic heterocycles. The lowest BCUT2D eigenvalue weighted by Crippen LogP contribution is -2.18. The fourth-order valence-corrected chi connectivity index (χ4v) is 2.22. The summed E-state index contributed by atoms with van der Waals surface area (Å²) in [5.74, 6) is -0.264. The lowest BCUT2D eigenvalue weighted by atomic mass is 10.2. The molecule has 1 N–H and O–H groups in total. The van der Waals surface area contributed by atoms with E-state index in [0.717, 1.165) is 5.56 Å². The summed E-state index contributed by atoms with van der Waals surface area (Å²) in [6, 6.07) is 7.00. The Morgan fingerprint density at radius 3 is 2.67 bits per heavy atom. The van der Waals surface area contributed by atoms with Crippen LogP contribution in [0.5, 0.6) is 0 Å². The molecule has 1 amide bonds. The maximum atomic E-state index is 11.7. The van der Waals surface area contributed by atoms with Crippen molar-refractivity contribution >= 4 is 34.6 Å². The number of nitrogens with one attached hydrogen (secondary N) is 1. The van der Waals surface area contributed by atoms with Crippen molar-refractivity contribution in [3.63, 3.8) is 0 Å². The van der Waals surface area contributed by atoms with Crippen LogP contribution in [-0.2, 0) is 0 Å². The van der Waals surface area contributed by atoms with Crippen LogP contribution in [0, 0.1) is 0 Å². The van der Waals surface area contributed by atoms with Gasteiger partial charge in [0, 0.05) is 18.0 Å². The summed E-state index contributed by atoms with van der Waals surface area (Å²) in [5, 5.41) is 4.03. The first kappa shape index (κ1) is 12.7. The molecule has 0 spiro atoms. The highest BCUT2D eigenvalue weighted by Gasteiger charge is 2.07. The van der Waals surface area contributed by atoms with Gasteiger partial charge in [-0.3, -0.25) is 9.78 Å². The van der Waals surface area contributed by atoms with Crippen molar-refractivity contribution in [2.75, 3.05) is 0 Å². The Labute approximate surface area is 113 Å². The van der Waals surface area contributed by atoms with E-state index in [0.29, 0.717) is 14.9 Å². The van der Waals surface area contributed by atoms with E-state index in [9.17, 15) is 4.79 Å². The van der Waals surface area contributed by atoms with E-state index in [-0.39, 0.29) is 5.91 Å². The minimum absolute atomic E-state index is 0.264. The molecule has 0 aliphatic heterocycles. The van der Waals surface area contributed by atoms with Crippen LogP contribution in [0.3, 0.4) is 0 Å². The van der Waals surface area contributed by atoms with E-state index >= 15 is 0 Å². The third-order valence-electron chi connectivity index (χ3n) is 2.22. The predicted octanol–water partition coefficient (Wildman–Crippen LogP) is 2.95. The van der Waals surface area contributed by atoms with E-state index in [1.165, 1.54) is 11.3 Å². The van der Waals surface area contributed by atoms with Gasteiger partial charge in [0.1, 0.15) is 0 Å². The first-order valence-electron chi connectivity index (χ1n) is 5.17. The molecular weight excluding hydrogens is 270 g/mol. The van der Waals surface area contributed by atoms with Gasteiger partial charge in [-0.1, -0.05) is 11.6 Å². The average Bonchev–Trinajstić information content (AvgIpc) is 2.83. The normalized spacial score (nSPS) is 11.3. The largest absolute Gasteiger partial charge is 0.281 e. The number of carbonyl (C=O) groups excluding carboxylic acids is 1. The quantitative estimate of drug-likeness (QED) is 0.694. The Morgan fingerprint density at radius 1 is 1.33 bits per heavy atom. The summed E-state index contributed by atoms with van der Waals surface area (Å²) < 4.78 is 0.579. The van der Waals surface area contributed by atoms with Crippen LogP contribution >= 0.6 is 22.9 Å². The van der Waals surface area contributed by atoms with E-state index in [1.54, 1.807) is 24.5 Å². The number of pyridine rings is 1. The number of nitrogens with zero attached hydrogens (tertiary/aromatic N) is 2. The highest BCUT2D eigenvalue weighted by molar-refractivity contribution is 7.17. The highest BCUT2D eigenvalue weighted by Crippen LogP contribution is 2.21. The zero-order valence-electron chi connectivity index (χ0n) is 9.55. The molecule has 0 radical (unpaired) electrons. The maximum absolute atomic E-state index is 11.7. The van der Waals surface area contributed by atoms with E-state index < -0.39 is 0 Å². The second-order valence-corrected chi connectivity index (χ2v) is 5.19. The molecule has 0 unspecified atom stereocenters. The zero-order valence-corrected chi connectivity index (χ0v) is 11.1. The summed E-state index contributed by atoms with van der Waals surface area (Å²) in [7, 11) is 0. The highest BCUT2D eigenvalue weighted by atomic mass is 35.5. The number of aromatic nitrogens is 1. The van der Waals surface area contributed by atoms with Crippen molar-refractivity contribution in [1.82, 2.24) is 10.4 Å². The average molecular weight is 280 g/mol. The third-order valence-corrected chi connectivity index (χ3v) is 3.45. The summed E-state index contributed by atoms with van der Waals surface area (Å²) in [4.78, 5) is 16.2. The Hall–Kier alpha value is -1.72. The molecule has 2 heterocycles. The monoisotopic (exact) mass is 279 g/mol. The van der Waals surface area contributed by atoms with Crippen LogP contribution < -0.4 is 5.43 Å². The molecule has 0 saturated carbocycles. The molecule has 0 bridgehead atoms. The first-order valence-corrected chi connectivity index (χ1v) is 6.36. The first-order chi connectivity index (χ1) is 8.66. The molecule has 92 valence electrons. The molecule has 0 aromatic carbocycles. The second kappa shape index (κ2) is 5.75. The molecule has 18 heavy (non-hydrogen) atoms. The molecular formula is C12H10ClN3OS. The van der Waals surface area contributed by atoms with Gasteiger partial charge in [-0.25, -0.2) is 5.43 Å². The molecule has 0 aliphatic carbocycles. The lowest BCUT2D eigenvalue weighted by molar-refractivity contribution is 0.0959. The molecule has 6 heteroatoms. The number of amides is 1. The van der Waals surface area contributed by atoms with Gasteiger partial charge in [-0.15, -0.1) is 11.3 Å². The van der Waals surface area contributed by atoms with Crippen molar-refractivity contribution < 1.29 is 4.79 Å².